The van der Waals surface area contributed by atoms with Crippen molar-refractivity contribution in [2.45, 2.75) is 19.8 Å². The van der Waals surface area contributed by atoms with E-state index in [1.165, 1.54) is 6.33 Å². The summed E-state index contributed by atoms with van der Waals surface area (Å²) >= 11 is 5.86. The minimum Gasteiger partial charge on any atom is -0.481 e. The van der Waals surface area contributed by atoms with Crippen LogP contribution < -0.4 is 4.74 Å². The third kappa shape index (κ3) is 1.85. The van der Waals surface area contributed by atoms with Crippen LogP contribution in [-0.4, -0.2) is 17.1 Å². The predicted octanol–water partition coefficient (Wildman–Crippen LogP) is 2.09. The van der Waals surface area contributed by atoms with Gasteiger partial charge in [0.05, 0.1) is 12.7 Å². The molecular weight excluding hydrogens is 176 g/mol. The zero-order valence-corrected chi connectivity index (χ0v) is 7.93. The summed E-state index contributed by atoms with van der Waals surface area (Å²) in [6.07, 6.45) is 3.26. The SMILES string of the molecule is CCCc1c(Cl)ncnc1OC. The Kier molecular flexibility index (Phi) is 3.29. The van der Waals surface area contributed by atoms with Crippen LogP contribution in [0.5, 0.6) is 5.88 Å². The Hall–Kier alpha value is -0.830. The average molecular weight is 187 g/mol. The van der Waals surface area contributed by atoms with Crippen LogP contribution in [0.3, 0.4) is 0 Å². The van der Waals surface area contributed by atoms with Crippen LogP contribution in [0.2, 0.25) is 5.15 Å². The number of hydrogen-bond donors (Lipinski definition) is 0. The number of aromatic nitrogens is 2. The first-order valence-corrected chi connectivity index (χ1v) is 4.20. The van der Waals surface area contributed by atoms with E-state index in [0.717, 1.165) is 18.4 Å². The van der Waals surface area contributed by atoms with Gasteiger partial charge in [0.2, 0.25) is 5.88 Å². The van der Waals surface area contributed by atoms with Crippen LogP contribution in [0, 0.1) is 0 Å². The molecule has 1 aromatic heterocycles. The maximum atomic E-state index is 5.86. The fourth-order valence-electron chi connectivity index (χ4n) is 1.01. The van der Waals surface area contributed by atoms with Gasteiger partial charge < -0.3 is 4.74 Å². The van der Waals surface area contributed by atoms with Crippen LogP contribution in [0.25, 0.3) is 0 Å². The number of methoxy groups -OCH3 is 1. The highest BCUT2D eigenvalue weighted by molar-refractivity contribution is 6.30. The lowest BCUT2D eigenvalue weighted by Crippen LogP contribution is -1.97. The van der Waals surface area contributed by atoms with E-state index >= 15 is 0 Å². The Morgan fingerprint density at radius 3 is 2.83 bits per heavy atom. The minimum absolute atomic E-state index is 0.490. The number of rotatable bonds is 3. The smallest absolute Gasteiger partial charge is 0.220 e. The van der Waals surface area contributed by atoms with E-state index in [4.69, 9.17) is 16.3 Å². The van der Waals surface area contributed by atoms with Gasteiger partial charge in [0.15, 0.2) is 0 Å². The van der Waals surface area contributed by atoms with Crippen molar-refractivity contribution in [3.8, 4) is 5.88 Å². The fourth-order valence-corrected chi connectivity index (χ4v) is 1.23. The first kappa shape index (κ1) is 9.26. The number of halogens is 1. The van der Waals surface area contributed by atoms with Crippen molar-refractivity contribution in [2.75, 3.05) is 7.11 Å². The van der Waals surface area contributed by atoms with Crippen molar-refractivity contribution in [1.29, 1.82) is 0 Å². The summed E-state index contributed by atoms with van der Waals surface area (Å²) in [4.78, 5) is 7.84. The number of hydrogen-bond acceptors (Lipinski definition) is 3. The highest BCUT2D eigenvalue weighted by atomic mass is 35.5. The van der Waals surface area contributed by atoms with Gasteiger partial charge in [0.1, 0.15) is 11.5 Å². The van der Waals surface area contributed by atoms with E-state index in [1.54, 1.807) is 7.11 Å². The molecule has 0 unspecified atom stereocenters. The topological polar surface area (TPSA) is 35.0 Å². The lowest BCUT2D eigenvalue weighted by Gasteiger charge is -2.05. The summed E-state index contributed by atoms with van der Waals surface area (Å²) in [6, 6.07) is 0. The summed E-state index contributed by atoms with van der Waals surface area (Å²) < 4.78 is 5.04. The van der Waals surface area contributed by atoms with Crippen molar-refractivity contribution >= 4 is 11.6 Å². The molecule has 0 aliphatic carbocycles. The number of nitrogens with zero attached hydrogens (tertiary/aromatic N) is 2. The van der Waals surface area contributed by atoms with Crippen molar-refractivity contribution < 1.29 is 4.74 Å². The van der Waals surface area contributed by atoms with Gasteiger partial charge in [-0.3, -0.25) is 0 Å². The van der Waals surface area contributed by atoms with Crippen molar-refractivity contribution in [2.24, 2.45) is 0 Å². The van der Waals surface area contributed by atoms with Crippen molar-refractivity contribution in [1.82, 2.24) is 9.97 Å². The first-order chi connectivity index (χ1) is 5.79. The normalized spacial score (nSPS) is 9.92. The Labute approximate surface area is 76.7 Å². The molecule has 0 atom stereocenters. The summed E-state index contributed by atoms with van der Waals surface area (Å²) in [5, 5.41) is 0.490. The Balaban J connectivity index is 3.02. The van der Waals surface area contributed by atoms with E-state index in [9.17, 15) is 0 Å². The van der Waals surface area contributed by atoms with E-state index in [2.05, 4.69) is 16.9 Å². The largest absolute Gasteiger partial charge is 0.481 e. The molecule has 0 aromatic carbocycles. The van der Waals surface area contributed by atoms with Gasteiger partial charge in [0.25, 0.3) is 0 Å². The Morgan fingerprint density at radius 2 is 2.25 bits per heavy atom. The molecular formula is C8H11ClN2O. The van der Waals surface area contributed by atoms with Gasteiger partial charge in [0, 0.05) is 0 Å². The molecule has 0 fully saturated rings. The molecule has 12 heavy (non-hydrogen) atoms. The Bertz CT molecular complexity index is 265. The van der Waals surface area contributed by atoms with E-state index in [0.29, 0.717) is 11.0 Å². The maximum Gasteiger partial charge on any atom is 0.220 e. The monoisotopic (exact) mass is 186 g/mol. The summed E-state index contributed by atoms with van der Waals surface area (Å²) in [7, 11) is 1.58. The highest BCUT2D eigenvalue weighted by Crippen LogP contribution is 2.22. The molecule has 4 heteroatoms. The highest BCUT2D eigenvalue weighted by Gasteiger charge is 2.08. The lowest BCUT2D eigenvalue weighted by molar-refractivity contribution is 0.391. The second-order valence-corrected chi connectivity index (χ2v) is 2.76. The van der Waals surface area contributed by atoms with Crippen LogP contribution in [0.15, 0.2) is 6.33 Å². The molecule has 1 aromatic rings. The van der Waals surface area contributed by atoms with E-state index < -0.39 is 0 Å². The standard InChI is InChI=1S/C8H11ClN2O/c1-3-4-6-7(9)10-5-11-8(6)12-2/h5H,3-4H2,1-2H3. The molecule has 0 spiro atoms. The van der Waals surface area contributed by atoms with E-state index in [1.807, 2.05) is 0 Å². The average Bonchev–Trinajstić information content (AvgIpc) is 2.09. The third-order valence-electron chi connectivity index (χ3n) is 1.55. The predicted molar refractivity (Wildman–Crippen MR) is 47.6 cm³/mol. The molecule has 0 bridgehead atoms. The number of ether oxygens (including phenoxy) is 1. The molecule has 3 nitrogen and oxygen atoms in total. The van der Waals surface area contributed by atoms with Gasteiger partial charge in [-0.25, -0.2) is 9.97 Å². The molecule has 1 rings (SSSR count). The lowest BCUT2D eigenvalue weighted by atomic mass is 10.2. The summed E-state index contributed by atoms with van der Waals surface area (Å²) in [6.45, 7) is 2.07. The zero-order valence-electron chi connectivity index (χ0n) is 7.17. The molecule has 0 amide bonds. The van der Waals surface area contributed by atoms with Gasteiger partial charge in [-0.15, -0.1) is 0 Å². The fraction of sp³-hybridized carbons (Fsp3) is 0.500. The molecule has 0 saturated carbocycles. The van der Waals surface area contributed by atoms with Crippen molar-refractivity contribution in [3.63, 3.8) is 0 Å². The maximum absolute atomic E-state index is 5.86. The molecule has 0 N–H and O–H groups in total. The molecule has 0 radical (unpaired) electrons. The summed E-state index contributed by atoms with van der Waals surface area (Å²) in [5.74, 6) is 0.580. The zero-order chi connectivity index (χ0) is 8.97. The molecule has 0 saturated heterocycles. The van der Waals surface area contributed by atoms with Gasteiger partial charge >= 0.3 is 0 Å². The molecule has 1 heterocycles. The van der Waals surface area contributed by atoms with Crippen molar-refractivity contribution in [3.05, 3.63) is 17.0 Å². The molecule has 66 valence electrons. The van der Waals surface area contributed by atoms with Crippen LogP contribution in [-0.2, 0) is 6.42 Å². The third-order valence-corrected chi connectivity index (χ3v) is 1.87. The van der Waals surface area contributed by atoms with Gasteiger partial charge in [-0.1, -0.05) is 24.9 Å². The summed E-state index contributed by atoms with van der Waals surface area (Å²) in [5.41, 5.74) is 0.893. The van der Waals surface area contributed by atoms with Crippen LogP contribution in [0.1, 0.15) is 18.9 Å². The van der Waals surface area contributed by atoms with E-state index in [-0.39, 0.29) is 0 Å². The van der Waals surface area contributed by atoms with Gasteiger partial charge in [-0.05, 0) is 6.42 Å². The second-order valence-electron chi connectivity index (χ2n) is 2.40. The first-order valence-electron chi connectivity index (χ1n) is 3.83. The Morgan fingerprint density at radius 1 is 1.50 bits per heavy atom. The second kappa shape index (κ2) is 4.26. The van der Waals surface area contributed by atoms with Crippen LogP contribution in [0.4, 0.5) is 0 Å². The minimum atomic E-state index is 0.490. The van der Waals surface area contributed by atoms with Gasteiger partial charge in [-0.2, -0.15) is 0 Å². The van der Waals surface area contributed by atoms with Crippen LogP contribution >= 0.6 is 11.6 Å². The quantitative estimate of drug-likeness (QED) is 0.679. The molecule has 0 aliphatic rings. The molecule has 0 aliphatic heterocycles.